The number of ketones is 1. The number of carbonyl (C=O) groups is 1. The van der Waals surface area contributed by atoms with Gasteiger partial charge in [0, 0.05) is 18.6 Å². The molecule has 0 spiro atoms. The average molecular weight is 168 g/mol. The number of Topliss-reactive ketones (excluding diaryl/α,β-unsaturated/α-hetero) is 1. The Hall–Kier alpha value is -0.830. The van der Waals surface area contributed by atoms with Crippen LogP contribution in [-0.4, -0.2) is 25.1 Å². The van der Waals surface area contributed by atoms with Crippen molar-refractivity contribution >= 4 is 5.78 Å². The number of ether oxygens (including phenoxy) is 2. The van der Waals surface area contributed by atoms with Crippen molar-refractivity contribution in [1.29, 1.82) is 0 Å². The van der Waals surface area contributed by atoms with Crippen molar-refractivity contribution in [2.24, 2.45) is 0 Å². The molecule has 1 saturated heterocycles. The van der Waals surface area contributed by atoms with Crippen molar-refractivity contribution in [1.82, 2.24) is 0 Å². The van der Waals surface area contributed by atoms with Gasteiger partial charge in [-0.05, 0) is 12.8 Å². The molecule has 2 heterocycles. The number of hydrogen-bond donors (Lipinski definition) is 0. The minimum absolute atomic E-state index is 0.130. The van der Waals surface area contributed by atoms with E-state index in [1.807, 2.05) is 0 Å². The van der Waals surface area contributed by atoms with E-state index in [0.29, 0.717) is 6.61 Å². The lowest BCUT2D eigenvalue weighted by Crippen LogP contribution is -2.20. The lowest BCUT2D eigenvalue weighted by molar-refractivity contribution is -0.124. The summed E-state index contributed by atoms with van der Waals surface area (Å²) in [4.78, 5) is 11.6. The molecule has 0 aromatic carbocycles. The van der Waals surface area contributed by atoms with Crippen LogP contribution in [0.5, 0.6) is 0 Å². The zero-order valence-corrected chi connectivity index (χ0v) is 6.91. The third kappa shape index (κ3) is 1.37. The molecule has 2 rings (SSSR count). The van der Waals surface area contributed by atoms with Gasteiger partial charge in [-0.2, -0.15) is 0 Å². The minimum atomic E-state index is -0.182. The standard InChI is InChI=1S/C9H12O3/c10-9(7-3-5-11-6-7)8-2-1-4-12-8/h6,8H,1-5H2. The Morgan fingerprint density at radius 3 is 3.00 bits per heavy atom. The molecule has 0 radical (unpaired) electrons. The first kappa shape index (κ1) is 7.80. The lowest BCUT2D eigenvalue weighted by atomic mass is 10.0. The van der Waals surface area contributed by atoms with Gasteiger partial charge in [-0.25, -0.2) is 0 Å². The molecule has 0 saturated carbocycles. The second kappa shape index (κ2) is 3.27. The van der Waals surface area contributed by atoms with Crippen LogP contribution in [0.3, 0.4) is 0 Å². The van der Waals surface area contributed by atoms with Crippen molar-refractivity contribution in [2.75, 3.05) is 13.2 Å². The molecule has 0 aromatic rings. The summed E-state index contributed by atoms with van der Waals surface area (Å²) in [6, 6.07) is 0. The summed E-state index contributed by atoms with van der Waals surface area (Å²) in [6.07, 6.45) is 4.02. The van der Waals surface area contributed by atoms with Gasteiger partial charge in [0.25, 0.3) is 0 Å². The van der Waals surface area contributed by atoms with Crippen LogP contribution in [0, 0.1) is 0 Å². The molecule has 12 heavy (non-hydrogen) atoms. The number of hydrogen-bond acceptors (Lipinski definition) is 3. The van der Waals surface area contributed by atoms with Gasteiger partial charge in [0.2, 0.25) is 0 Å². The van der Waals surface area contributed by atoms with Crippen molar-refractivity contribution in [3.8, 4) is 0 Å². The highest BCUT2D eigenvalue weighted by molar-refractivity contribution is 5.98. The van der Waals surface area contributed by atoms with E-state index < -0.39 is 0 Å². The normalized spacial score (nSPS) is 28.3. The Morgan fingerprint density at radius 1 is 1.50 bits per heavy atom. The lowest BCUT2D eigenvalue weighted by Gasteiger charge is -2.06. The Morgan fingerprint density at radius 2 is 2.42 bits per heavy atom. The predicted octanol–water partition coefficient (Wildman–Crippen LogP) is 1.04. The molecule has 1 fully saturated rings. The Balaban J connectivity index is 1.98. The van der Waals surface area contributed by atoms with E-state index >= 15 is 0 Å². The topological polar surface area (TPSA) is 35.5 Å². The molecule has 66 valence electrons. The van der Waals surface area contributed by atoms with Crippen LogP contribution in [-0.2, 0) is 14.3 Å². The summed E-state index contributed by atoms with van der Waals surface area (Å²) in [5.74, 6) is 0.130. The first-order valence-corrected chi connectivity index (χ1v) is 4.34. The molecule has 1 unspecified atom stereocenters. The summed E-state index contributed by atoms with van der Waals surface area (Å²) in [6.45, 7) is 1.37. The van der Waals surface area contributed by atoms with Crippen LogP contribution in [0.25, 0.3) is 0 Å². The SMILES string of the molecule is O=C(C1=COCC1)C1CCCO1. The zero-order valence-electron chi connectivity index (χ0n) is 6.91. The van der Waals surface area contributed by atoms with Gasteiger partial charge in [0.15, 0.2) is 5.78 Å². The third-order valence-electron chi connectivity index (χ3n) is 2.25. The maximum Gasteiger partial charge on any atom is 0.190 e. The molecule has 1 atom stereocenters. The first-order valence-electron chi connectivity index (χ1n) is 4.34. The summed E-state index contributed by atoms with van der Waals surface area (Å²) in [5, 5.41) is 0. The van der Waals surface area contributed by atoms with Crippen molar-refractivity contribution in [3.05, 3.63) is 11.8 Å². The van der Waals surface area contributed by atoms with Gasteiger partial charge < -0.3 is 9.47 Å². The maximum atomic E-state index is 11.6. The van der Waals surface area contributed by atoms with E-state index in [4.69, 9.17) is 9.47 Å². The quantitative estimate of drug-likeness (QED) is 0.618. The fraction of sp³-hybridized carbons (Fsp3) is 0.667. The fourth-order valence-electron chi connectivity index (χ4n) is 1.56. The van der Waals surface area contributed by atoms with Crippen molar-refractivity contribution < 1.29 is 14.3 Å². The Labute approximate surface area is 71.3 Å². The van der Waals surface area contributed by atoms with Crippen LogP contribution < -0.4 is 0 Å². The molecular formula is C9H12O3. The van der Waals surface area contributed by atoms with Crippen molar-refractivity contribution in [2.45, 2.75) is 25.4 Å². The van der Waals surface area contributed by atoms with E-state index in [1.165, 1.54) is 0 Å². The highest BCUT2D eigenvalue weighted by Gasteiger charge is 2.27. The van der Waals surface area contributed by atoms with E-state index in [2.05, 4.69) is 0 Å². The van der Waals surface area contributed by atoms with Crippen LogP contribution in [0.2, 0.25) is 0 Å². The molecule has 2 aliphatic heterocycles. The second-order valence-electron chi connectivity index (χ2n) is 3.13. The summed E-state index contributed by atoms with van der Waals surface area (Å²) in [7, 11) is 0. The third-order valence-corrected chi connectivity index (χ3v) is 2.25. The summed E-state index contributed by atoms with van der Waals surface area (Å²) >= 11 is 0. The second-order valence-corrected chi connectivity index (χ2v) is 3.13. The van der Waals surface area contributed by atoms with E-state index in [-0.39, 0.29) is 11.9 Å². The smallest absolute Gasteiger partial charge is 0.190 e. The van der Waals surface area contributed by atoms with E-state index in [0.717, 1.165) is 31.4 Å². The molecule has 0 aliphatic carbocycles. The van der Waals surface area contributed by atoms with Crippen LogP contribution in [0.1, 0.15) is 19.3 Å². The molecule has 0 aromatic heterocycles. The number of rotatable bonds is 2. The summed E-state index contributed by atoms with van der Waals surface area (Å²) in [5.41, 5.74) is 0.793. The summed E-state index contributed by atoms with van der Waals surface area (Å²) < 4.78 is 10.3. The monoisotopic (exact) mass is 168 g/mol. The van der Waals surface area contributed by atoms with Gasteiger partial charge >= 0.3 is 0 Å². The zero-order chi connectivity index (χ0) is 8.39. The molecule has 3 heteroatoms. The van der Waals surface area contributed by atoms with Crippen LogP contribution in [0.15, 0.2) is 11.8 Å². The van der Waals surface area contributed by atoms with Crippen LogP contribution >= 0.6 is 0 Å². The highest BCUT2D eigenvalue weighted by Crippen LogP contribution is 2.20. The maximum absolute atomic E-state index is 11.6. The van der Waals surface area contributed by atoms with Gasteiger partial charge in [0.05, 0.1) is 12.9 Å². The van der Waals surface area contributed by atoms with Gasteiger partial charge in [0.1, 0.15) is 6.10 Å². The van der Waals surface area contributed by atoms with Gasteiger partial charge in [-0.15, -0.1) is 0 Å². The molecule has 0 amide bonds. The molecule has 0 bridgehead atoms. The first-order chi connectivity index (χ1) is 5.88. The highest BCUT2D eigenvalue weighted by atomic mass is 16.5. The van der Waals surface area contributed by atoms with Gasteiger partial charge in [-0.3, -0.25) is 4.79 Å². The molecule has 0 N–H and O–H groups in total. The fourth-order valence-corrected chi connectivity index (χ4v) is 1.56. The largest absolute Gasteiger partial charge is 0.500 e. The molecular weight excluding hydrogens is 156 g/mol. The van der Waals surface area contributed by atoms with E-state index in [9.17, 15) is 4.79 Å². The predicted molar refractivity (Wildman–Crippen MR) is 42.6 cm³/mol. The van der Waals surface area contributed by atoms with Crippen molar-refractivity contribution in [3.63, 3.8) is 0 Å². The molecule has 2 aliphatic rings. The van der Waals surface area contributed by atoms with E-state index in [1.54, 1.807) is 6.26 Å². The minimum Gasteiger partial charge on any atom is -0.500 e. The molecule has 3 nitrogen and oxygen atoms in total. The Kier molecular flexibility index (Phi) is 2.13. The average Bonchev–Trinajstić information content (AvgIpc) is 2.77. The Bertz CT molecular complexity index is 214. The van der Waals surface area contributed by atoms with Gasteiger partial charge in [-0.1, -0.05) is 0 Å². The van der Waals surface area contributed by atoms with Crippen LogP contribution in [0.4, 0.5) is 0 Å². The number of carbonyl (C=O) groups excluding carboxylic acids is 1.